The van der Waals surface area contributed by atoms with Crippen LogP contribution in [0.3, 0.4) is 0 Å². The maximum Gasteiger partial charge on any atom is 0.130 e. The number of nitrogens with zero attached hydrogens (tertiary/aromatic N) is 2. The summed E-state index contributed by atoms with van der Waals surface area (Å²) < 4.78 is 5.08. The van der Waals surface area contributed by atoms with Crippen molar-refractivity contribution in [2.45, 2.75) is 6.04 Å². The minimum absolute atomic E-state index is 0.430. The van der Waals surface area contributed by atoms with E-state index in [1.165, 1.54) is 0 Å². The van der Waals surface area contributed by atoms with Crippen molar-refractivity contribution < 1.29 is 4.74 Å². The largest absolute Gasteiger partial charge is 0.377 e. The first-order valence-corrected chi connectivity index (χ1v) is 4.74. The fourth-order valence-electron chi connectivity index (χ4n) is 1.28. The Morgan fingerprint density at radius 1 is 1.43 bits per heavy atom. The minimum Gasteiger partial charge on any atom is -0.377 e. The second kappa shape index (κ2) is 3.84. The average Bonchev–Trinajstić information content (AvgIpc) is 2.12. The zero-order valence-corrected chi connectivity index (χ0v) is 8.53. The number of ether oxygens (including phenoxy) is 1. The predicted molar refractivity (Wildman–Crippen MR) is 56.8 cm³/mol. The molecule has 0 spiro atoms. The molecule has 2 heterocycles. The van der Waals surface area contributed by atoms with Gasteiger partial charge in [0, 0.05) is 14.1 Å². The SMILES string of the molecule is CN(C)c1cccc(NC2COC2)n1. The predicted octanol–water partition coefficient (Wildman–Crippen LogP) is 0.958. The van der Waals surface area contributed by atoms with Crippen LogP contribution in [0.1, 0.15) is 0 Å². The van der Waals surface area contributed by atoms with E-state index in [0.29, 0.717) is 6.04 Å². The van der Waals surface area contributed by atoms with Crippen LogP contribution in [-0.2, 0) is 4.74 Å². The van der Waals surface area contributed by atoms with Crippen molar-refractivity contribution in [1.82, 2.24) is 4.98 Å². The second-order valence-electron chi connectivity index (χ2n) is 3.65. The van der Waals surface area contributed by atoms with Gasteiger partial charge >= 0.3 is 0 Å². The summed E-state index contributed by atoms with van der Waals surface area (Å²) >= 11 is 0. The van der Waals surface area contributed by atoms with Crippen LogP contribution in [0.5, 0.6) is 0 Å². The van der Waals surface area contributed by atoms with Crippen LogP contribution in [0, 0.1) is 0 Å². The van der Waals surface area contributed by atoms with Gasteiger partial charge in [-0.25, -0.2) is 4.98 Å². The molecule has 76 valence electrons. The number of hydrogen-bond donors (Lipinski definition) is 1. The molecule has 1 aromatic heterocycles. The lowest BCUT2D eigenvalue weighted by atomic mass is 10.2. The smallest absolute Gasteiger partial charge is 0.130 e. The highest BCUT2D eigenvalue weighted by Gasteiger charge is 2.18. The van der Waals surface area contributed by atoms with Crippen LogP contribution in [0.25, 0.3) is 0 Å². The molecule has 1 aliphatic heterocycles. The maximum absolute atomic E-state index is 5.08. The van der Waals surface area contributed by atoms with Gasteiger partial charge in [0.05, 0.1) is 19.3 Å². The zero-order chi connectivity index (χ0) is 9.97. The van der Waals surface area contributed by atoms with E-state index in [1.54, 1.807) is 0 Å². The number of rotatable bonds is 3. The van der Waals surface area contributed by atoms with Crippen LogP contribution < -0.4 is 10.2 Å². The molecule has 1 saturated heterocycles. The number of nitrogens with one attached hydrogen (secondary N) is 1. The molecule has 0 atom stereocenters. The fraction of sp³-hybridized carbons (Fsp3) is 0.500. The Balaban J connectivity index is 2.05. The molecule has 14 heavy (non-hydrogen) atoms. The Hall–Kier alpha value is -1.29. The summed E-state index contributed by atoms with van der Waals surface area (Å²) in [4.78, 5) is 6.44. The third-order valence-corrected chi connectivity index (χ3v) is 2.18. The third-order valence-electron chi connectivity index (χ3n) is 2.18. The molecule has 4 nitrogen and oxygen atoms in total. The van der Waals surface area contributed by atoms with Crippen molar-refractivity contribution in [3.05, 3.63) is 18.2 Å². The van der Waals surface area contributed by atoms with E-state index in [9.17, 15) is 0 Å². The lowest BCUT2D eigenvalue weighted by Crippen LogP contribution is -2.40. The Morgan fingerprint density at radius 3 is 2.79 bits per heavy atom. The van der Waals surface area contributed by atoms with Gasteiger partial charge in [0.15, 0.2) is 0 Å². The summed E-state index contributed by atoms with van der Waals surface area (Å²) in [5.41, 5.74) is 0. The Morgan fingerprint density at radius 2 is 2.21 bits per heavy atom. The van der Waals surface area contributed by atoms with E-state index < -0.39 is 0 Å². The van der Waals surface area contributed by atoms with E-state index in [4.69, 9.17) is 4.74 Å². The molecule has 0 aliphatic carbocycles. The number of aromatic nitrogens is 1. The minimum atomic E-state index is 0.430. The van der Waals surface area contributed by atoms with Crippen molar-refractivity contribution >= 4 is 11.6 Å². The van der Waals surface area contributed by atoms with E-state index in [-0.39, 0.29) is 0 Å². The molecule has 1 N–H and O–H groups in total. The Labute approximate surface area is 83.9 Å². The van der Waals surface area contributed by atoms with E-state index in [1.807, 2.05) is 37.2 Å². The average molecular weight is 193 g/mol. The van der Waals surface area contributed by atoms with Crippen molar-refractivity contribution in [3.8, 4) is 0 Å². The lowest BCUT2D eigenvalue weighted by Gasteiger charge is -2.27. The van der Waals surface area contributed by atoms with E-state index in [2.05, 4.69) is 10.3 Å². The van der Waals surface area contributed by atoms with Gasteiger partial charge in [-0.05, 0) is 12.1 Å². The number of hydrogen-bond acceptors (Lipinski definition) is 4. The third kappa shape index (κ3) is 1.96. The van der Waals surface area contributed by atoms with Crippen LogP contribution in [0.4, 0.5) is 11.6 Å². The second-order valence-corrected chi connectivity index (χ2v) is 3.65. The van der Waals surface area contributed by atoms with Crippen molar-refractivity contribution in [3.63, 3.8) is 0 Å². The van der Waals surface area contributed by atoms with E-state index >= 15 is 0 Å². The summed E-state index contributed by atoms with van der Waals surface area (Å²) in [6, 6.07) is 6.40. The molecule has 0 unspecified atom stereocenters. The summed E-state index contributed by atoms with van der Waals surface area (Å²) in [6.45, 7) is 1.57. The van der Waals surface area contributed by atoms with Gasteiger partial charge in [-0.1, -0.05) is 6.07 Å². The summed E-state index contributed by atoms with van der Waals surface area (Å²) in [7, 11) is 3.97. The first-order valence-electron chi connectivity index (χ1n) is 4.74. The highest BCUT2D eigenvalue weighted by molar-refractivity contribution is 5.46. The molecule has 0 aromatic carbocycles. The number of pyridine rings is 1. The first kappa shape index (κ1) is 9.27. The highest BCUT2D eigenvalue weighted by Crippen LogP contribution is 2.14. The van der Waals surface area contributed by atoms with Gasteiger partial charge in [0.1, 0.15) is 11.6 Å². The van der Waals surface area contributed by atoms with Gasteiger partial charge in [0.2, 0.25) is 0 Å². The molecule has 4 heteroatoms. The molecule has 1 aromatic rings. The topological polar surface area (TPSA) is 37.4 Å². The maximum atomic E-state index is 5.08. The molecular weight excluding hydrogens is 178 g/mol. The lowest BCUT2D eigenvalue weighted by molar-refractivity contribution is 0.0209. The van der Waals surface area contributed by atoms with Crippen LogP contribution in [-0.4, -0.2) is 38.3 Å². The highest BCUT2D eigenvalue weighted by atomic mass is 16.5. The molecule has 2 rings (SSSR count). The van der Waals surface area contributed by atoms with Crippen molar-refractivity contribution in [1.29, 1.82) is 0 Å². The number of anilines is 2. The Kier molecular flexibility index (Phi) is 2.54. The molecular formula is C10H15N3O. The Bertz CT molecular complexity index is 310. The van der Waals surface area contributed by atoms with Crippen LogP contribution in [0.2, 0.25) is 0 Å². The van der Waals surface area contributed by atoms with Crippen molar-refractivity contribution in [2.24, 2.45) is 0 Å². The van der Waals surface area contributed by atoms with Gasteiger partial charge in [-0.3, -0.25) is 0 Å². The van der Waals surface area contributed by atoms with Crippen LogP contribution >= 0.6 is 0 Å². The van der Waals surface area contributed by atoms with Gasteiger partial charge in [0.25, 0.3) is 0 Å². The van der Waals surface area contributed by atoms with Gasteiger partial charge < -0.3 is 15.0 Å². The molecule has 1 aliphatic rings. The normalized spacial score (nSPS) is 16.1. The van der Waals surface area contributed by atoms with Gasteiger partial charge in [-0.15, -0.1) is 0 Å². The first-order chi connectivity index (χ1) is 6.75. The monoisotopic (exact) mass is 193 g/mol. The van der Waals surface area contributed by atoms with Crippen LogP contribution in [0.15, 0.2) is 18.2 Å². The summed E-state index contributed by atoms with van der Waals surface area (Å²) in [6.07, 6.45) is 0. The summed E-state index contributed by atoms with van der Waals surface area (Å²) in [5.74, 6) is 1.89. The molecule has 0 amide bonds. The quantitative estimate of drug-likeness (QED) is 0.775. The molecule has 0 bridgehead atoms. The molecule has 0 radical (unpaired) electrons. The standard InChI is InChI=1S/C10H15N3O/c1-13(2)10-5-3-4-9(12-10)11-8-6-14-7-8/h3-5,8H,6-7H2,1-2H3,(H,11,12). The fourth-order valence-corrected chi connectivity index (χ4v) is 1.28. The molecule has 1 fully saturated rings. The summed E-state index contributed by atoms with van der Waals surface area (Å²) in [5, 5.41) is 3.31. The van der Waals surface area contributed by atoms with E-state index in [0.717, 1.165) is 24.8 Å². The van der Waals surface area contributed by atoms with Gasteiger partial charge in [-0.2, -0.15) is 0 Å². The molecule has 0 saturated carbocycles. The van der Waals surface area contributed by atoms with Crippen molar-refractivity contribution in [2.75, 3.05) is 37.5 Å². The zero-order valence-electron chi connectivity index (χ0n) is 8.53.